The quantitative estimate of drug-likeness (QED) is 0.927. The van der Waals surface area contributed by atoms with Crippen molar-refractivity contribution in [3.05, 3.63) is 23.8 Å². The van der Waals surface area contributed by atoms with Crippen LogP contribution >= 0.6 is 0 Å². The van der Waals surface area contributed by atoms with Crippen molar-refractivity contribution >= 4 is 11.7 Å². The molecule has 0 bridgehead atoms. The van der Waals surface area contributed by atoms with Crippen LogP contribution in [0, 0.1) is 5.92 Å². The third-order valence-electron chi connectivity index (χ3n) is 3.88. The second kappa shape index (κ2) is 6.06. The zero-order valence-electron chi connectivity index (χ0n) is 12.4. The number of fused-ring (bicyclic) bond motifs is 1. The number of aliphatic carboxylic acids is 1. The van der Waals surface area contributed by atoms with E-state index in [0.29, 0.717) is 5.56 Å². The van der Waals surface area contributed by atoms with Gasteiger partial charge in [0.15, 0.2) is 0 Å². The van der Waals surface area contributed by atoms with Gasteiger partial charge in [-0.15, -0.1) is 0 Å². The summed E-state index contributed by atoms with van der Waals surface area (Å²) in [6.45, 7) is 5.33. The number of hydrogen-bond donors (Lipinski definition) is 1. The largest absolute Gasteiger partial charge is 0.481 e. The van der Waals surface area contributed by atoms with E-state index >= 15 is 0 Å². The van der Waals surface area contributed by atoms with Crippen LogP contribution in [0.2, 0.25) is 0 Å². The summed E-state index contributed by atoms with van der Waals surface area (Å²) in [6, 6.07) is 4.98. The molecule has 1 heterocycles. The Kier molecular flexibility index (Phi) is 4.53. The molecule has 0 spiro atoms. The van der Waals surface area contributed by atoms with Crippen LogP contribution in [0.5, 0.6) is 5.75 Å². The predicted molar refractivity (Wildman–Crippen MR) is 75.3 cm³/mol. The summed E-state index contributed by atoms with van der Waals surface area (Å²) in [5.41, 5.74) is 1.25. The minimum atomic E-state index is -4.72. The smallest absolute Gasteiger partial charge is 0.426 e. The third-order valence-corrected chi connectivity index (χ3v) is 3.88. The Morgan fingerprint density at radius 1 is 1.36 bits per heavy atom. The van der Waals surface area contributed by atoms with Crippen molar-refractivity contribution in [1.82, 2.24) is 0 Å². The first-order chi connectivity index (χ1) is 10.3. The topological polar surface area (TPSA) is 49.8 Å². The predicted octanol–water partition coefficient (Wildman–Crippen LogP) is 3.10. The molecular weight excluding hydrogens is 299 g/mol. The van der Waals surface area contributed by atoms with Gasteiger partial charge in [0.1, 0.15) is 11.7 Å². The molecule has 22 heavy (non-hydrogen) atoms. The lowest BCUT2D eigenvalue weighted by Crippen LogP contribution is -2.47. The van der Waals surface area contributed by atoms with Crippen molar-refractivity contribution in [2.75, 3.05) is 18.0 Å². The zero-order chi connectivity index (χ0) is 16.5. The lowest BCUT2D eigenvalue weighted by molar-refractivity contribution is -0.217. The van der Waals surface area contributed by atoms with Crippen molar-refractivity contribution in [2.45, 2.75) is 32.5 Å². The lowest BCUT2D eigenvalue weighted by Gasteiger charge is -2.33. The average molecular weight is 317 g/mol. The fraction of sp³-hybridized carbons (Fsp3) is 0.533. The van der Waals surface area contributed by atoms with Crippen LogP contribution in [0.25, 0.3) is 0 Å². The molecule has 0 saturated carbocycles. The van der Waals surface area contributed by atoms with Gasteiger partial charge >= 0.3 is 12.1 Å². The monoisotopic (exact) mass is 317 g/mol. The van der Waals surface area contributed by atoms with Gasteiger partial charge in [0.2, 0.25) is 6.10 Å². The number of anilines is 1. The van der Waals surface area contributed by atoms with Crippen molar-refractivity contribution in [3.8, 4) is 5.75 Å². The van der Waals surface area contributed by atoms with Crippen molar-refractivity contribution in [2.24, 2.45) is 5.92 Å². The first-order valence-corrected chi connectivity index (χ1v) is 7.12. The summed E-state index contributed by atoms with van der Waals surface area (Å²) < 4.78 is 44.1. The highest BCUT2D eigenvalue weighted by atomic mass is 19.4. The summed E-state index contributed by atoms with van der Waals surface area (Å²) in [4.78, 5) is 13.1. The Morgan fingerprint density at radius 3 is 2.50 bits per heavy atom. The molecule has 1 aliphatic heterocycles. The number of hydrogen-bond acceptors (Lipinski definition) is 3. The number of halogens is 3. The third kappa shape index (κ3) is 3.13. The van der Waals surface area contributed by atoms with Gasteiger partial charge in [0.25, 0.3) is 0 Å². The molecule has 0 fully saturated rings. The van der Waals surface area contributed by atoms with E-state index in [2.05, 4.69) is 0 Å². The van der Waals surface area contributed by atoms with Gasteiger partial charge in [-0.1, -0.05) is 6.07 Å². The number of carbonyl (C=O) groups is 1. The highest BCUT2D eigenvalue weighted by Gasteiger charge is 2.52. The number of rotatable bonds is 4. The molecule has 2 rings (SSSR count). The molecule has 0 saturated heterocycles. The van der Waals surface area contributed by atoms with Gasteiger partial charge in [-0.05, 0) is 31.9 Å². The summed E-state index contributed by atoms with van der Waals surface area (Å²) in [5, 5.41) is 9.03. The Labute approximate surface area is 126 Å². The van der Waals surface area contributed by atoms with E-state index in [0.717, 1.165) is 18.8 Å². The molecule has 0 unspecified atom stereocenters. The Hall–Kier alpha value is -1.92. The van der Waals surface area contributed by atoms with Crippen LogP contribution in [0.4, 0.5) is 18.9 Å². The SMILES string of the molecule is CCN(CC)c1ccc2c(c1)O[C@H](C(F)(F)F)[C@@H](C(=O)O)C2. The average Bonchev–Trinajstić information content (AvgIpc) is 2.46. The van der Waals surface area contributed by atoms with E-state index in [1.165, 1.54) is 0 Å². The van der Waals surface area contributed by atoms with Crippen LogP contribution in [0.1, 0.15) is 19.4 Å². The molecule has 0 radical (unpaired) electrons. The summed E-state index contributed by atoms with van der Waals surface area (Å²) in [7, 11) is 0. The summed E-state index contributed by atoms with van der Waals surface area (Å²) in [6.07, 6.45) is -7.22. The van der Waals surface area contributed by atoms with Gasteiger partial charge in [0.05, 0.1) is 0 Å². The van der Waals surface area contributed by atoms with E-state index in [-0.39, 0.29) is 12.2 Å². The van der Waals surface area contributed by atoms with Crippen LogP contribution in [0.3, 0.4) is 0 Å². The van der Waals surface area contributed by atoms with Crippen LogP contribution in [0.15, 0.2) is 18.2 Å². The second-order valence-electron chi connectivity index (χ2n) is 5.19. The maximum Gasteiger partial charge on any atom is 0.426 e. The Balaban J connectivity index is 2.38. The normalized spacial score (nSPS) is 21.0. The maximum absolute atomic E-state index is 13.0. The van der Waals surface area contributed by atoms with Crippen molar-refractivity contribution < 1.29 is 27.8 Å². The maximum atomic E-state index is 13.0. The Morgan fingerprint density at radius 2 is 2.00 bits per heavy atom. The molecule has 0 amide bonds. The standard InChI is InChI=1S/C15H18F3NO3/c1-3-19(4-2)10-6-5-9-7-11(14(20)21)13(15(16,17)18)22-12(9)8-10/h5-6,8,11,13H,3-4,7H2,1-2H3,(H,20,21)/t11-,13-/m0/s1. The van der Waals surface area contributed by atoms with Crippen LogP contribution in [-0.4, -0.2) is 36.4 Å². The minimum Gasteiger partial charge on any atom is -0.481 e. The molecular formula is C15H18F3NO3. The molecule has 1 N–H and O–H groups in total. The molecule has 4 nitrogen and oxygen atoms in total. The van der Waals surface area contributed by atoms with Crippen LogP contribution < -0.4 is 9.64 Å². The molecule has 1 aliphatic rings. The molecule has 2 atom stereocenters. The number of nitrogens with zero attached hydrogens (tertiary/aromatic N) is 1. The van der Waals surface area contributed by atoms with Gasteiger partial charge in [-0.25, -0.2) is 0 Å². The highest BCUT2D eigenvalue weighted by Crippen LogP contribution is 2.40. The van der Waals surface area contributed by atoms with E-state index < -0.39 is 24.2 Å². The number of benzene rings is 1. The number of alkyl halides is 3. The molecule has 1 aromatic rings. The molecule has 0 aliphatic carbocycles. The minimum absolute atomic E-state index is 0.115. The van der Waals surface area contributed by atoms with E-state index in [1.54, 1.807) is 18.2 Å². The summed E-state index contributed by atoms with van der Waals surface area (Å²) >= 11 is 0. The van der Waals surface area contributed by atoms with Gasteiger partial charge in [-0.3, -0.25) is 4.79 Å². The number of ether oxygens (including phenoxy) is 1. The first-order valence-electron chi connectivity index (χ1n) is 7.12. The molecule has 122 valence electrons. The highest BCUT2D eigenvalue weighted by molar-refractivity contribution is 5.72. The van der Waals surface area contributed by atoms with Gasteiger partial charge in [-0.2, -0.15) is 13.2 Å². The van der Waals surface area contributed by atoms with E-state index in [4.69, 9.17) is 9.84 Å². The van der Waals surface area contributed by atoms with Gasteiger partial charge < -0.3 is 14.7 Å². The van der Waals surface area contributed by atoms with E-state index in [9.17, 15) is 18.0 Å². The molecule has 1 aromatic carbocycles. The number of carboxylic acid groups (broad SMARTS) is 1. The number of carboxylic acids is 1. The zero-order valence-corrected chi connectivity index (χ0v) is 12.4. The fourth-order valence-corrected chi connectivity index (χ4v) is 2.68. The van der Waals surface area contributed by atoms with Crippen molar-refractivity contribution in [1.29, 1.82) is 0 Å². The molecule has 0 aromatic heterocycles. The first kappa shape index (κ1) is 16.5. The lowest BCUT2D eigenvalue weighted by atomic mass is 9.90. The van der Waals surface area contributed by atoms with Crippen LogP contribution in [-0.2, 0) is 11.2 Å². The Bertz CT molecular complexity index is 555. The summed E-state index contributed by atoms with van der Waals surface area (Å²) in [5.74, 6) is -3.00. The van der Waals surface area contributed by atoms with Gasteiger partial charge in [0, 0.05) is 24.8 Å². The second-order valence-corrected chi connectivity index (χ2v) is 5.19. The molecule has 7 heteroatoms. The van der Waals surface area contributed by atoms with Crippen molar-refractivity contribution in [3.63, 3.8) is 0 Å². The fourth-order valence-electron chi connectivity index (χ4n) is 2.68. The van der Waals surface area contributed by atoms with E-state index in [1.807, 2.05) is 18.7 Å².